The third kappa shape index (κ3) is 14.5. The van der Waals surface area contributed by atoms with Crippen molar-refractivity contribution in [3.63, 3.8) is 0 Å². The molecule has 0 aromatic heterocycles. The van der Waals surface area contributed by atoms with Gasteiger partial charge in [-0.25, -0.2) is 8.42 Å². The standard InChI is InChI=1S/C44H63N3O7S/c1-5-6-9-23-41(54-34-37-19-12-8-13-20-37)44(49)40-22-16-21-38(45-40)32-42(48)46(33-36-17-10-7-11-18-36)29-14-15-30-47(31-28-43(52-3)53-4)55(50,51)39-26-24-35(2)25-27-39/h7-8,10-13,16-20,22,24-27,38,40-41,43-45,49H,5-6,9,14-15,21,23,28-34H2,1-4H3/t38-,40-,41+,44-/m1/s1. The number of rotatable bonds is 25. The minimum atomic E-state index is -3.76. The third-order valence-corrected chi connectivity index (χ3v) is 12.1. The average Bonchev–Trinajstić information content (AvgIpc) is 3.20. The van der Waals surface area contributed by atoms with Crippen molar-refractivity contribution in [3.8, 4) is 0 Å². The Labute approximate surface area is 329 Å². The van der Waals surface area contributed by atoms with E-state index in [2.05, 4.69) is 18.3 Å². The fourth-order valence-electron chi connectivity index (χ4n) is 6.92. The molecule has 0 radical (unpaired) electrons. The van der Waals surface area contributed by atoms with E-state index >= 15 is 0 Å². The van der Waals surface area contributed by atoms with Gasteiger partial charge in [-0.2, -0.15) is 4.31 Å². The van der Waals surface area contributed by atoms with Crippen LogP contribution in [0.2, 0.25) is 0 Å². The molecule has 4 rings (SSSR count). The van der Waals surface area contributed by atoms with Gasteiger partial charge in [-0.05, 0) is 55.9 Å². The highest BCUT2D eigenvalue weighted by atomic mass is 32.2. The zero-order chi connectivity index (χ0) is 39.5. The molecule has 1 aliphatic heterocycles. The van der Waals surface area contributed by atoms with E-state index in [-0.39, 0.29) is 42.0 Å². The highest BCUT2D eigenvalue weighted by molar-refractivity contribution is 7.89. The first-order chi connectivity index (χ1) is 26.6. The lowest BCUT2D eigenvalue weighted by atomic mass is 9.94. The Balaban J connectivity index is 1.40. The molecular weight excluding hydrogens is 715 g/mol. The van der Waals surface area contributed by atoms with Crippen molar-refractivity contribution >= 4 is 15.9 Å². The molecule has 10 nitrogen and oxygen atoms in total. The van der Waals surface area contributed by atoms with Gasteiger partial charge in [-0.1, -0.05) is 117 Å². The number of amides is 1. The molecule has 0 spiro atoms. The van der Waals surface area contributed by atoms with Gasteiger partial charge in [-0.3, -0.25) is 4.79 Å². The van der Waals surface area contributed by atoms with Crippen molar-refractivity contribution in [1.82, 2.24) is 14.5 Å². The molecule has 11 heteroatoms. The van der Waals surface area contributed by atoms with Gasteiger partial charge in [0.1, 0.15) is 0 Å². The number of hydrogen-bond donors (Lipinski definition) is 2. The second-order valence-corrected chi connectivity index (χ2v) is 16.4. The maximum absolute atomic E-state index is 14.0. The van der Waals surface area contributed by atoms with Crippen LogP contribution in [0.1, 0.15) is 81.4 Å². The number of carbonyl (C=O) groups is 1. The average molecular weight is 778 g/mol. The Hall–Kier alpha value is -3.42. The zero-order valence-corrected chi connectivity index (χ0v) is 34.0. The van der Waals surface area contributed by atoms with E-state index in [1.54, 1.807) is 38.5 Å². The van der Waals surface area contributed by atoms with E-state index in [0.717, 1.165) is 42.4 Å². The Morgan fingerprint density at radius 3 is 2.16 bits per heavy atom. The van der Waals surface area contributed by atoms with Crippen LogP contribution in [0.4, 0.5) is 0 Å². The van der Waals surface area contributed by atoms with Crippen molar-refractivity contribution in [3.05, 3.63) is 114 Å². The number of unbranched alkanes of at least 4 members (excludes halogenated alkanes) is 3. The number of sulfonamides is 1. The number of benzene rings is 3. The monoisotopic (exact) mass is 777 g/mol. The summed E-state index contributed by atoms with van der Waals surface area (Å²) in [5, 5.41) is 15.2. The molecule has 55 heavy (non-hydrogen) atoms. The van der Waals surface area contributed by atoms with Crippen LogP contribution in [0.3, 0.4) is 0 Å². The van der Waals surface area contributed by atoms with E-state index in [4.69, 9.17) is 14.2 Å². The lowest BCUT2D eigenvalue weighted by molar-refractivity contribution is -0.132. The molecule has 2 N–H and O–H groups in total. The van der Waals surface area contributed by atoms with Crippen molar-refractivity contribution < 1.29 is 32.5 Å². The quantitative estimate of drug-likeness (QED) is 0.0537. The molecule has 0 aliphatic carbocycles. The second-order valence-electron chi connectivity index (χ2n) is 14.5. The van der Waals surface area contributed by atoms with Gasteiger partial charge in [0, 0.05) is 59.3 Å². The van der Waals surface area contributed by atoms with Crippen LogP contribution in [0.25, 0.3) is 0 Å². The highest BCUT2D eigenvalue weighted by Gasteiger charge is 2.32. The molecule has 4 atom stereocenters. The molecule has 3 aromatic rings. The van der Waals surface area contributed by atoms with E-state index in [9.17, 15) is 18.3 Å². The number of aryl methyl sites for hydroxylation is 1. The predicted octanol–water partition coefficient (Wildman–Crippen LogP) is 7.01. The van der Waals surface area contributed by atoms with E-state index in [0.29, 0.717) is 51.9 Å². The summed E-state index contributed by atoms with van der Waals surface area (Å²) in [5.74, 6) is 0.0110. The second kappa shape index (κ2) is 23.6. The molecular formula is C44H63N3O7S. The number of nitrogens with one attached hydrogen (secondary N) is 1. The van der Waals surface area contributed by atoms with Gasteiger partial charge in [0.15, 0.2) is 6.29 Å². The minimum absolute atomic E-state index is 0.0110. The third-order valence-electron chi connectivity index (χ3n) is 10.2. The lowest BCUT2D eigenvalue weighted by Crippen LogP contribution is -2.52. The summed E-state index contributed by atoms with van der Waals surface area (Å²) in [6.45, 7) is 5.98. The largest absolute Gasteiger partial charge is 0.388 e. The van der Waals surface area contributed by atoms with E-state index < -0.39 is 22.4 Å². The Kier molecular flexibility index (Phi) is 19.0. The topological polar surface area (TPSA) is 118 Å². The molecule has 0 saturated heterocycles. The minimum Gasteiger partial charge on any atom is -0.388 e. The summed E-state index contributed by atoms with van der Waals surface area (Å²) in [7, 11) is -0.678. The SMILES string of the molecule is CCCCC[C@H](OCc1ccccc1)[C@H](O)[C@H]1C=CC[C@H](CC(=O)N(CCCCN(CCC(OC)OC)S(=O)(=O)c2ccc(C)cc2)Cc2ccccc2)N1. The van der Waals surface area contributed by atoms with E-state index in [1.165, 1.54) is 4.31 Å². The predicted molar refractivity (Wildman–Crippen MR) is 218 cm³/mol. The number of ether oxygens (including phenoxy) is 3. The molecule has 1 aliphatic rings. The highest BCUT2D eigenvalue weighted by Crippen LogP contribution is 2.22. The van der Waals surface area contributed by atoms with Crippen LogP contribution in [0.15, 0.2) is 102 Å². The van der Waals surface area contributed by atoms with Gasteiger partial charge >= 0.3 is 0 Å². The van der Waals surface area contributed by atoms with E-state index in [1.807, 2.05) is 78.6 Å². The van der Waals surface area contributed by atoms with Crippen LogP contribution in [-0.2, 0) is 42.2 Å². The summed E-state index contributed by atoms with van der Waals surface area (Å²) in [5.41, 5.74) is 3.08. The normalized spacial score (nSPS) is 17.1. The van der Waals surface area contributed by atoms with Crippen LogP contribution in [0.5, 0.6) is 0 Å². The number of nitrogens with zero attached hydrogens (tertiary/aromatic N) is 2. The fourth-order valence-corrected chi connectivity index (χ4v) is 8.41. The molecule has 0 fully saturated rings. The Morgan fingerprint density at radius 2 is 1.51 bits per heavy atom. The molecule has 0 bridgehead atoms. The van der Waals surface area contributed by atoms with Gasteiger partial charge < -0.3 is 29.5 Å². The van der Waals surface area contributed by atoms with Crippen LogP contribution in [-0.4, -0.2) is 93.1 Å². The molecule has 302 valence electrons. The van der Waals surface area contributed by atoms with Crippen LogP contribution < -0.4 is 5.32 Å². The maximum Gasteiger partial charge on any atom is 0.243 e. The molecule has 3 aromatic carbocycles. The number of carbonyl (C=O) groups excluding carboxylic acids is 1. The lowest BCUT2D eigenvalue weighted by Gasteiger charge is -2.35. The van der Waals surface area contributed by atoms with Crippen molar-refractivity contribution in [2.75, 3.05) is 33.9 Å². The van der Waals surface area contributed by atoms with Crippen molar-refractivity contribution in [2.45, 2.75) is 120 Å². The summed E-state index contributed by atoms with van der Waals surface area (Å²) in [4.78, 5) is 16.2. The molecule has 1 amide bonds. The molecule has 0 saturated carbocycles. The summed E-state index contributed by atoms with van der Waals surface area (Å²) in [6, 6.07) is 26.3. The van der Waals surface area contributed by atoms with Gasteiger partial charge in [0.2, 0.25) is 15.9 Å². The Morgan fingerprint density at radius 1 is 0.855 bits per heavy atom. The first-order valence-corrected chi connectivity index (χ1v) is 21.3. The van der Waals surface area contributed by atoms with Gasteiger partial charge in [0.05, 0.1) is 29.8 Å². The molecule has 0 unspecified atom stereocenters. The Bertz CT molecular complexity index is 1650. The summed E-state index contributed by atoms with van der Waals surface area (Å²) in [6.07, 6.45) is 8.83. The molecule has 1 heterocycles. The van der Waals surface area contributed by atoms with Crippen LogP contribution >= 0.6 is 0 Å². The fraction of sp³-hybridized carbons (Fsp3) is 0.523. The number of aliphatic hydroxyl groups is 1. The number of methoxy groups -OCH3 is 2. The number of aliphatic hydroxyl groups excluding tert-OH is 1. The number of hydrogen-bond acceptors (Lipinski definition) is 8. The van der Waals surface area contributed by atoms with Gasteiger partial charge in [-0.15, -0.1) is 0 Å². The van der Waals surface area contributed by atoms with Crippen LogP contribution in [0, 0.1) is 6.92 Å². The van der Waals surface area contributed by atoms with Crippen molar-refractivity contribution in [1.29, 1.82) is 0 Å². The first-order valence-electron chi connectivity index (χ1n) is 19.8. The first kappa shape index (κ1) is 44.3. The van der Waals surface area contributed by atoms with Crippen molar-refractivity contribution in [2.24, 2.45) is 0 Å². The smallest absolute Gasteiger partial charge is 0.243 e. The maximum atomic E-state index is 14.0. The zero-order valence-electron chi connectivity index (χ0n) is 33.2. The summed E-state index contributed by atoms with van der Waals surface area (Å²) >= 11 is 0. The van der Waals surface area contributed by atoms with Gasteiger partial charge in [0.25, 0.3) is 0 Å². The summed E-state index contributed by atoms with van der Waals surface area (Å²) < 4.78 is 46.0.